The number of rotatable bonds is 1. The molecule has 2 aliphatic rings. The fraction of sp³-hybridized carbons (Fsp3) is 0.385. The molecule has 88 valence electrons. The molecule has 2 fully saturated rings. The van der Waals surface area contributed by atoms with Gasteiger partial charge in [0.1, 0.15) is 12.7 Å². The fourth-order valence-corrected chi connectivity index (χ4v) is 2.59. The van der Waals surface area contributed by atoms with Crippen molar-refractivity contribution in [2.24, 2.45) is 0 Å². The predicted molar refractivity (Wildman–Crippen MR) is 63.4 cm³/mol. The highest BCUT2D eigenvalue weighted by atomic mass is 16.2. The van der Waals surface area contributed by atoms with Gasteiger partial charge in [0.15, 0.2) is 0 Å². The van der Waals surface area contributed by atoms with Crippen LogP contribution < -0.4 is 4.90 Å². The van der Waals surface area contributed by atoms with E-state index < -0.39 is 0 Å². The van der Waals surface area contributed by atoms with Crippen molar-refractivity contribution in [1.29, 1.82) is 0 Å². The van der Waals surface area contributed by atoms with E-state index in [1.807, 2.05) is 31.2 Å². The van der Waals surface area contributed by atoms with Crippen molar-refractivity contribution in [3.05, 3.63) is 29.8 Å². The lowest BCUT2D eigenvalue weighted by atomic mass is 10.2. The largest absolute Gasteiger partial charge is 0.312 e. The highest BCUT2D eigenvalue weighted by Crippen LogP contribution is 2.31. The van der Waals surface area contributed by atoms with Gasteiger partial charge in [-0.2, -0.15) is 0 Å². The summed E-state index contributed by atoms with van der Waals surface area (Å²) in [6.45, 7) is 2.25. The Hall–Kier alpha value is -1.84. The first-order valence-electron chi connectivity index (χ1n) is 5.85. The molecule has 4 heteroatoms. The molecule has 2 amide bonds. The predicted octanol–water partition coefficient (Wildman–Crippen LogP) is 1.29. The normalized spacial score (nSPS) is 23.5. The minimum absolute atomic E-state index is 0.0203. The van der Waals surface area contributed by atoms with E-state index in [4.69, 9.17) is 0 Å². The third-order valence-corrected chi connectivity index (χ3v) is 3.48. The van der Waals surface area contributed by atoms with E-state index >= 15 is 0 Å². The summed E-state index contributed by atoms with van der Waals surface area (Å²) in [5.41, 5.74) is 2.06. The summed E-state index contributed by atoms with van der Waals surface area (Å²) in [4.78, 5) is 27.0. The van der Waals surface area contributed by atoms with Gasteiger partial charge in [0.05, 0.1) is 0 Å². The molecule has 0 bridgehead atoms. The molecule has 0 radical (unpaired) electrons. The van der Waals surface area contributed by atoms with Gasteiger partial charge in [-0.25, -0.2) is 0 Å². The number of nitrogens with zero attached hydrogens (tertiary/aromatic N) is 2. The zero-order valence-electron chi connectivity index (χ0n) is 9.72. The van der Waals surface area contributed by atoms with Gasteiger partial charge in [0.2, 0.25) is 11.8 Å². The first-order chi connectivity index (χ1) is 8.16. The summed E-state index contributed by atoms with van der Waals surface area (Å²) >= 11 is 0. The number of fused-ring (bicyclic) bond motifs is 1. The molecule has 0 spiro atoms. The van der Waals surface area contributed by atoms with E-state index in [1.54, 1.807) is 9.80 Å². The van der Waals surface area contributed by atoms with Crippen molar-refractivity contribution in [3.63, 3.8) is 0 Å². The molecular formula is C13H14N2O2. The van der Waals surface area contributed by atoms with Gasteiger partial charge in [-0.1, -0.05) is 17.7 Å². The second-order valence-corrected chi connectivity index (χ2v) is 4.64. The van der Waals surface area contributed by atoms with Crippen LogP contribution in [0.15, 0.2) is 24.3 Å². The first-order valence-corrected chi connectivity index (χ1v) is 5.85. The molecule has 1 atom stereocenters. The molecule has 0 aliphatic carbocycles. The Balaban J connectivity index is 1.95. The van der Waals surface area contributed by atoms with Crippen molar-refractivity contribution in [2.75, 3.05) is 11.4 Å². The Labute approximate surface area is 99.8 Å². The van der Waals surface area contributed by atoms with Gasteiger partial charge in [0, 0.05) is 12.1 Å². The molecule has 2 aliphatic heterocycles. The second-order valence-electron chi connectivity index (χ2n) is 4.64. The summed E-state index contributed by atoms with van der Waals surface area (Å²) in [7, 11) is 0. The molecular weight excluding hydrogens is 216 g/mol. The van der Waals surface area contributed by atoms with E-state index in [-0.39, 0.29) is 24.5 Å². The Morgan fingerprint density at radius 3 is 2.53 bits per heavy atom. The number of amides is 2. The average molecular weight is 230 g/mol. The Kier molecular flexibility index (Phi) is 2.18. The van der Waals surface area contributed by atoms with Gasteiger partial charge in [-0.05, 0) is 25.5 Å². The standard InChI is InChI=1S/C13H14N2O2/c1-9-2-4-10(5-3-9)15-11-6-7-12(16)14(11)8-13(15)17/h2-5,11H,6-8H2,1H3/t11-/m0/s1. The van der Waals surface area contributed by atoms with Crippen molar-refractivity contribution < 1.29 is 9.59 Å². The van der Waals surface area contributed by atoms with Crippen LogP contribution in [0.2, 0.25) is 0 Å². The van der Waals surface area contributed by atoms with Crippen LogP contribution in [-0.2, 0) is 9.59 Å². The topological polar surface area (TPSA) is 40.6 Å². The van der Waals surface area contributed by atoms with Gasteiger partial charge >= 0.3 is 0 Å². The lowest BCUT2D eigenvalue weighted by Crippen LogP contribution is -2.36. The maximum absolute atomic E-state index is 12.0. The summed E-state index contributed by atoms with van der Waals surface area (Å²) < 4.78 is 0. The Morgan fingerprint density at radius 1 is 1.12 bits per heavy atom. The Morgan fingerprint density at radius 2 is 1.82 bits per heavy atom. The molecule has 0 aromatic heterocycles. The van der Waals surface area contributed by atoms with Crippen LogP contribution in [-0.4, -0.2) is 29.4 Å². The average Bonchev–Trinajstić information content (AvgIpc) is 2.81. The molecule has 0 saturated carbocycles. The number of benzene rings is 1. The molecule has 0 unspecified atom stereocenters. The highest BCUT2D eigenvalue weighted by Gasteiger charge is 2.44. The number of carbonyl (C=O) groups is 2. The summed E-state index contributed by atoms with van der Waals surface area (Å²) in [6.07, 6.45) is 1.25. The van der Waals surface area contributed by atoms with Crippen molar-refractivity contribution in [3.8, 4) is 0 Å². The quantitative estimate of drug-likeness (QED) is 0.729. The summed E-state index contributed by atoms with van der Waals surface area (Å²) in [5, 5.41) is 0. The highest BCUT2D eigenvalue weighted by molar-refractivity contribution is 6.02. The van der Waals surface area contributed by atoms with Crippen LogP contribution in [0.4, 0.5) is 5.69 Å². The van der Waals surface area contributed by atoms with Crippen molar-refractivity contribution in [1.82, 2.24) is 4.90 Å². The lowest BCUT2D eigenvalue weighted by molar-refractivity contribution is -0.129. The van der Waals surface area contributed by atoms with Crippen LogP contribution in [0.5, 0.6) is 0 Å². The molecule has 1 aromatic rings. The van der Waals surface area contributed by atoms with Gasteiger partial charge in [0.25, 0.3) is 0 Å². The molecule has 17 heavy (non-hydrogen) atoms. The van der Waals surface area contributed by atoms with E-state index in [1.165, 1.54) is 5.56 Å². The van der Waals surface area contributed by atoms with Gasteiger partial charge in [-0.15, -0.1) is 0 Å². The van der Waals surface area contributed by atoms with Crippen LogP contribution in [0.3, 0.4) is 0 Å². The van der Waals surface area contributed by atoms with E-state index in [2.05, 4.69) is 0 Å². The number of hydrogen-bond donors (Lipinski definition) is 0. The third kappa shape index (κ3) is 1.52. The van der Waals surface area contributed by atoms with Crippen LogP contribution in [0.1, 0.15) is 18.4 Å². The first kappa shape index (κ1) is 10.3. The number of hydrogen-bond acceptors (Lipinski definition) is 2. The number of carbonyl (C=O) groups excluding carboxylic acids is 2. The zero-order valence-corrected chi connectivity index (χ0v) is 9.72. The van der Waals surface area contributed by atoms with Crippen LogP contribution in [0.25, 0.3) is 0 Å². The van der Waals surface area contributed by atoms with E-state index in [0.29, 0.717) is 6.42 Å². The van der Waals surface area contributed by atoms with Gasteiger partial charge < -0.3 is 4.90 Å². The van der Waals surface area contributed by atoms with Crippen LogP contribution in [0, 0.1) is 6.92 Å². The minimum Gasteiger partial charge on any atom is -0.312 e. The smallest absolute Gasteiger partial charge is 0.248 e. The lowest BCUT2D eigenvalue weighted by Gasteiger charge is -2.24. The van der Waals surface area contributed by atoms with E-state index in [0.717, 1.165) is 12.1 Å². The Bertz CT molecular complexity index is 481. The number of anilines is 1. The second kappa shape index (κ2) is 3.58. The molecule has 4 nitrogen and oxygen atoms in total. The monoisotopic (exact) mass is 230 g/mol. The van der Waals surface area contributed by atoms with Crippen LogP contribution >= 0.6 is 0 Å². The third-order valence-electron chi connectivity index (χ3n) is 3.48. The molecule has 1 aromatic carbocycles. The zero-order chi connectivity index (χ0) is 12.0. The fourth-order valence-electron chi connectivity index (χ4n) is 2.59. The molecule has 0 N–H and O–H groups in total. The van der Waals surface area contributed by atoms with E-state index in [9.17, 15) is 9.59 Å². The maximum Gasteiger partial charge on any atom is 0.248 e. The van der Waals surface area contributed by atoms with Gasteiger partial charge in [-0.3, -0.25) is 14.5 Å². The summed E-state index contributed by atoms with van der Waals surface area (Å²) in [5.74, 6) is 0.116. The van der Waals surface area contributed by atoms with Crippen molar-refractivity contribution >= 4 is 17.5 Å². The summed E-state index contributed by atoms with van der Waals surface area (Å²) in [6, 6.07) is 7.86. The SMILES string of the molecule is Cc1ccc(N2C(=O)CN3C(=O)CC[C@@H]32)cc1. The molecule has 2 saturated heterocycles. The maximum atomic E-state index is 12.0. The molecule has 2 heterocycles. The molecule has 3 rings (SSSR count). The number of aryl methyl sites for hydroxylation is 1. The van der Waals surface area contributed by atoms with Crippen molar-refractivity contribution in [2.45, 2.75) is 25.9 Å². The minimum atomic E-state index is -0.0577.